The lowest BCUT2D eigenvalue weighted by Crippen LogP contribution is -2.30. The maximum absolute atomic E-state index is 9.92. The highest BCUT2D eigenvalue weighted by Gasteiger charge is 2.27. The number of anilines is 4. The Balaban J connectivity index is 1.95. The van der Waals surface area contributed by atoms with Crippen molar-refractivity contribution in [2.75, 3.05) is 34.0 Å². The molecule has 0 aromatic carbocycles. The van der Waals surface area contributed by atoms with Gasteiger partial charge in [0.1, 0.15) is 5.69 Å². The smallest absolute Gasteiger partial charge is 0.227 e. The third kappa shape index (κ3) is 4.52. The van der Waals surface area contributed by atoms with Crippen LogP contribution >= 0.6 is 0 Å². The summed E-state index contributed by atoms with van der Waals surface area (Å²) in [5.74, 6) is 8.07. The summed E-state index contributed by atoms with van der Waals surface area (Å²) in [5.41, 5.74) is 3.03. The van der Waals surface area contributed by atoms with Crippen LogP contribution in [0.25, 0.3) is 0 Å². The van der Waals surface area contributed by atoms with Gasteiger partial charge in [-0.05, 0) is 37.6 Å². The fraction of sp³-hybridized carbons (Fsp3) is 0.667. The predicted molar refractivity (Wildman–Crippen MR) is 102 cm³/mol. The van der Waals surface area contributed by atoms with Gasteiger partial charge >= 0.3 is 0 Å². The van der Waals surface area contributed by atoms with E-state index < -0.39 is 0 Å². The first kappa shape index (κ1) is 19.0. The molecule has 1 saturated heterocycles. The van der Waals surface area contributed by atoms with Gasteiger partial charge in [0.05, 0.1) is 12.6 Å². The van der Waals surface area contributed by atoms with E-state index in [4.69, 9.17) is 5.84 Å². The van der Waals surface area contributed by atoms with Crippen LogP contribution in [0.3, 0.4) is 0 Å². The summed E-state index contributed by atoms with van der Waals surface area (Å²) in [6.45, 7) is 7.64. The van der Waals surface area contributed by atoms with Crippen LogP contribution in [0.1, 0.15) is 33.0 Å². The number of aliphatic hydroxyl groups excluding tert-OH is 1. The number of nitrogens with one attached hydrogen (secondary N) is 3. The molecule has 2 aromatic rings. The molecular weight excluding hydrogens is 350 g/mol. The first-order chi connectivity index (χ1) is 12.8. The number of hydrazine groups is 1. The molecule has 0 bridgehead atoms. The Morgan fingerprint density at radius 3 is 2.63 bits per heavy atom. The van der Waals surface area contributed by atoms with Crippen LogP contribution in [0.2, 0.25) is 0 Å². The topological polar surface area (TPSA) is 155 Å². The number of hydrogen-bond acceptors (Lipinski definition) is 11. The number of rotatable bonds is 6. The van der Waals surface area contributed by atoms with E-state index in [0.717, 1.165) is 0 Å². The van der Waals surface area contributed by atoms with Crippen LogP contribution in [0.5, 0.6) is 0 Å². The van der Waals surface area contributed by atoms with Crippen molar-refractivity contribution in [1.29, 1.82) is 0 Å². The van der Waals surface area contributed by atoms with Crippen molar-refractivity contribution in [3.8, 4) is 0 Å². The average Bonchev–Trinajstić information content (AvgIpc) is 3.19. The van der Waals surface area contributed by atoms with Gasteiger partial charge in [-0.2, -0.15) is 9.97 Å². The Kier molecular flexibility index (Phi) is 5.28. The van der Waals surface area contributed by atoms with E-state index in [2.05, 4.69) is 41.6 Å². The molecule has 2 aromatic heterocycles. The zero-order chi connectivity index (χ0) is 19.6. The fourth-order valence-electron chi connectivity index (χ4n) is 2.82. The summed E-state index contributed by atoms with van der Waals surface area (Å²) in [5, 5.41) is 27.8. The molecule has 12 nitrogen and oxygen atoms in total. The number of aryl methyl sites for hydroxylation is 1. The predicted octanol–water partition coefficient (Wildman–Crippen LogP) is -0.321. The highest BCUT2D eigenvalue weighted by atomic mass is 16.3. The van der Waals surface area contributed by atoms with E-state index in [0.29, 0.717) is 55.2 Å². The van der Waals surface area contributed by atoms with E-state index >= 15 is 0 Å². The van der Waals surface area contributed by atoms with Gasteiger partial charge < -0.3 is 26.1 Å². The third-order valence-electron chi connectivity index (χ3n) is 4.11. The Bertz CT molecular complexity index is 785. The van der Waals surface area contributed by atoms with Crippen molar-refractivity contribution >= 4 is 23.3 Å². The Labute approximate surface area is 157 Å². The summed E-state index contributed by atoms with van der Waals surface area (Å²) >= 11 is 0. The number of aromatic nitrogens is 6. The van der Waals surface area contributed by atoms with Crippen molar-refractivity contribution in [2.45, 2.75) is 45.4 Å². The van der Waals surface area contributed by atoms with Gasteiger partial charge in [-0.25, -0.2) is 4.68 Å². The van der Waals surface area contributed by atoms with E-state index in [9.17, 15) is 5.11 Å². The zero-order valence-corrected chi connectivity index (χ0v) is 16.1. The zero-order valence-electron chi connectivity index (χ0n) is 16.1. The lowest BCUT2D eigenvalue weighted by atomic mass is 10.1. The molecule has 12 heteroatoms. The number of nitrogen functional groups attached to an aromatic ring is 1. The minimum Gasteiger partial charge on any atom is -0.391 e. The number of nitrogens with zero attached hydrogens (tertiary/aromatic N) is 7. The summed E-state index contributed by atoms with van der Waals surface area (Å²) in [6, 6.07) is 0. The highest BCUT2D eigenvalue weighted by molar-refractivity contribution is 5.79. The molecule has 0 aliphatic carbocycles. The van der Waals surface area contributed by atoms with Gasteiger partial charge in [-0.3, -0.25) is 5.84 Å². The number of β-amino-alcohol motifs (C(OH)–C–C–N with tert-alkyl or cyclic N) is 1. The molecular formula is C15H27N11O. The minimum atomic E-state index is -0.384. The molecule has 0 saturated carbocycles. The second-order valence-corrected chi connectivity index (χ2v) is 7.57. The van der Waals surface area contributed by atoms with Gasteiger partial charge in [0, 0.05) is 25.7 Å². The van der Waals surface area contributed by atoms with Gasteiger partial charge in [-0.1, -0.05) is 0 Å². The maximum atomic E-state index is 9.92. The third-order valence-corrected chi connectivity index (χ3v) is 4.11. The quantitative estimate of drug-likeness (QED) is 0.332. The monoisotopic (exact) mass is 377 g/mol. The molecule has 3 heterocycles. The van der Waals surface area contributed by atoms with Crippen molar-refractivity contribution in [2.24, 2.45) is 12.9 Å². The molecule has 148 valence electrons. The van der Waals surface area contributed by atoms with Crippen molar-refractivity contribution in [3.63, 3.8) is 0 Å². The number of aliphatic hydroxyl groups is 1. The van der Waals surface area contributed by atoms with Gasteiger partial charge in [-0.15, -0.1) is 5.10 Å². The Morgan fingerprint density at radius 2 is 2.07 bits per heavy atom. The molecule has 0 unspecified atom stereocenters. The first-order valence-electron chi connectivity index (χ1n) is 8.82. The second kappa shape index (κ2) is 7.48. The Morgan fingerprint density at radius 1 is 1.30 bits per heavy atom. The molecule has 1 atom stereocenters. The summed E-state index contributed by atoms with van der Waals surface area (Å²) < 4.78 is 1.58. The average molecular weight is 377 g/mol. The van der Waals surface area contributed by atoms with Crippen molar-refractivity contribution in [1.82, 2.24) is 30.2 Å². The summed E-state index contributed by atoms with van der Waals surface area (Å²) in [7, 11) is 1.77. The van der Waals surface area contributed by atoms with E-state index in [1.807, 2.05) is 25.7 Å². The van der Waals surface area contributed by atoms with Crippen LogP contribution in [0.15, 0.2) is 0 Å². The lowest BCUT2D eigenvalue weighted by molar-refractivity contribution is 0.198. The minimum absolute atomic E-state index is 0.218. The van der Waals surface area contributed by atoms with Gasteiger partial charge in [0.15, 0.2) is 17.5 Å². The molecule has 0 amide bonds. The second-order valence-electron chi connectivity index (χ2n) is 7.57. The molecule has 3 rings (SSSR count). The van der Waals surface area contributed by atoms with Crippen molar-refractivity contribution in [3.05, 3.63) is 5.82 Å². The van der Waals surface area contributed by atoms with Crippen molar-refractivity contribution < 1.29 is 5.11 Å². The molecule has 27 heavy (non-hydrogen) atoms. The largest absolute Gasteiger partial charge is 0.391 e. The van der Waals surface area contributed by atoms with Crippen LogP contribution < -0.4 is 26.8 Å². The maximum Gasteiger partial charge on any atom is 0.227 e. The summed E-state index contributed by atoms with van der Waals surface area (Å²) in [4.78, 5) is 11.2. The SMILES string of the molecule is Cn1nnnc1CNc1nc(NC(C)(C)C)nc(N2CC[C@H](O)C2)c1NN. The van der Waals surface area contributed by atoms with E-state index in [1.165, 1.54) is 0 Å². The molecule has 6 N–H and O–H groups in total. The van der Waals surface area contributed by atoms with Crippen LogP contribution in [-0.2, 0) is 13.6 Å². The van der Waals surface area contributed by atoms with Gasteiger partial charge in [0.2, 0.25) is 5.95 Å². The highest BCUT2D eigenvalue weighted by Crippen LogP contribution is 2.33. The lowest BCUT2D eigenvalue weighted by Gasteiger charge is -2.25. The Hall–Kier alpha value is -2.73. The van der Waals surface area contributed by atoms with E-state index in [-0.39, 0.29) is 11.6 Å². The molecule has 0 radical (unpaired) electrons. The van der Waals surface area contributed by atoms with E-state index in [1.54, 1.807) is 11.7 Å². The standard InChI is InChI=1S/C15H27N11O/c1-15(2,3)20-14-18-12(17-7-10-22-23-24-25(10)4)11(21-16)13(19-14)26-6-5-9(27)8-26/h9,21,27H,5-8,16H2,1-4H3,(H2,17,18,19,20)/t9-/m0/s1. The molecule has 0 spiro atoms. The van der Waals surface area contributed by atoms with Crippen LogP contribution in [0.4, 0.5) is 23.3 Å². The molecule has 1 aliphatic heterocycles. The molecule has 1 aliphatic rings. The number of tetrazole rings is 1. The summed E-state index contributed by atoms with van der Waals surface area (Å²) in [6.07, 6.45) is 0.300. The van der Waals surface area contributed by atoms with Gasteiger partial charge in [0.25, 0.3) is 0 Å². The number of hydrogen-bond donors (Lipinski definition) is 5. The number of nitrogens with two attached hydrogens (primary N) is 1. The van der Waals surface area contributed by atoms with Crippen LogP contribution in [-0.4, -0.2) is 60.0 Å². The van der Waals surface area contributed by atoms with Crippen LogP contribution in [0, 0.1) is 0 Å². The molecule has 1 fully saturated rings. The first-order valence-corrected chi connectivity index (χ1v) is 8.82. The fourth-order valence-corrected chi connectivity index (χ4v) is 2.82. The normalized spacial score (nSPS) is 17.3.